The Bertz CT molecular complexity index is 1170. The van der Waals surface area contributed by atoms with Crippen LogP contribution in [0.4, 0.5) is 5.69 Å². The Labute approximate surface area is 174 Å². The average Bonchev–Trinajstić information content (AvgIpc) is 3.13. The van der Waals surface area contributed by atoms with Gasteiger partial charge in [0.25, 0.3) is 0 Å². The molecule has 0 unspecified atom stereocenters. The van der Waals surface area contributed by atoms with Gasteiger partial charge in [-0.05, 0) is 42.5 Å². The first-order valence-corrected chi connectivity index (χ1v) is 9.48. The van der Waals surface area contributed by atoms with Gasteiger partial charge in [-0.2, -0.15) is 0 Å². The number of aromatic hydroxyl groups is 1. The molecule has 0 aliphatic heterocycles. The highest BCUT2D eigenvalue weighted by atomic mass is 79.9. The summed E-state index contributed by atoms with van der Waals surface area (Å²) in [7, 11) is 1.57. The van der Waals surface area contributed by atoms with E-state index < -0.39 is 0 Å². The number of phenols is 1. The van der Waals surface area contributed by atoms with Crippen molar-refractivity contribution in [2.45, 2.75) is 0 Å². The number of aliphatic imine (C=N–C) groups is 1. The number of aromatic nitrogens is 1. The van der Waals surface area contributed by atoms with E-state index in [-0.39, 0.29) is 10.8 Å². The molecule has 5 nitrogen and oxygen atoms in total. The molecule has 0 aliphatic rings. The molecule has 4 rings (SSSR count). The van der Waals surface area contributed by atoms with E-state index in [9.17, 15) is 5.11 Å². The van der Waals surface area contributed by atoms with Gasteiger partial charge in [-0.1, -0.05) is 39.7 Å². The number of fused-ring (bicyclic) bond motifs is 1. The third kappa shape index (κ3) is 3.61. The number of methoxy groups -OCH3 is 1. The topological polar surface area (TPSA) is 67.9 Å². The van der Waals surface area contributed by atoms with Gasteiger partial charge in [0.15, 0.2) is 5.58 Å². The lowest BCUT2D eigenvalue weighted by Crippen LogP contribution is -1.87. The summed E-state index contributed by atoms with van der Waals surface area (Å²) in [5.74, 6) is 1.04. The molecule has 0 saturated carbocycles. The fourth-order valence-electron chi connectivity index (χ4n) is 2.74. The summed E-state index contributed by atoms with van der Waals surface area (Å²) in [4.78, 5) is 8.98. The smallest absolute Gasteiger partial charge is 0.227 e. The molecule has 0 atom stereocenters. The summed E-state index contributed by atoms with van der Waals surface area (Å²) in [6, 6.07) is 16.4. The van der Waals surface area contributed by atoms with Crippen LogP contribution >= 0.6 is 27.5 Å². The van der Waals surface area contributed by atoms with Crippen molar-refractivity contribution in [3.63, 3.8) is 0 Å². The van der Waals surface area contributed by atoms with Crippen LogP contribution in [0.5, 0.6) is 11.5 Å². The fraction of sp³-hybridized carbons (Fsp3) is 0.0476. The summed E-state index contributed by atoms with van der Waals surface area (Å²) in [6.45, 7) is 0. The van der Waals surface area contributed by atoms with Gasteiger partial charge in [0.2, 0.25) is 5.89 Å². The molecular weight excluding hydrogens is 444 g/mol. The van der Waals surface area contributed by atoms with E-state index in [2.05, 4.69) is 25.9 Å². The Kier molecular flexibility index (Phi) is 5.07. The molecule has 0 radical (unpaired) electrons. The van der Waals surface area contributed by atoms with Gasteiger partial charge in [0.05, 0.1) is 12.1 Å². The molecule has 1 aromatic heterocycles. The van der Waals surface area contributed by atoms with Crippen molar-refractivity contribution in [2.24, 2.45) is 4.99 Å². The zero-order valence-corrected chi connectivity index (χ0v) is 17.0. The SMILES string of the molecule is COc1ccc(-c2nc3ccccc3o2)cc1N=Cc1cc(Br)cc(Cl)c1O. The lowest BCUT2D eigenvalue weighted by molar-refractivity contribution is 0.416. The van der Waals surface area contributed by atoms with E-state index in [0.29, 0.717) is 28.5 Å². The highest BCUT2D eigenvalue weighted by Crippen LogP contribution is 2.35. The van der Waals surface area contributed by atoms with Crippen LogP contribution in [-0.4, -0.2) is 23.4 Å². The second-order valence-corrected chi connectivity index (χ2v) is 7.28. The largest absolute Gasteiger partial charge is 0.506 e. The number of phenolic OH excluding ortho intramolecular Hbond substituents is 1. The molecule has 28 heavy (non-hydrogen) atoms. The highest BCUT2D eigenvalue weighted by molar-refractivity contribution is 9.10. The molecule has 0 fully saturated rings. The van der Waals surface area contributed by atoms with E-state index in [1.165, 1.54) is 6.21 Å². The Morgan fingerprint density at radius 2 is 2.00 bits per heavy atom. The molecule has 1 N–H and O–H groups in total. The number of halogens is 2. The lowest BCUT2D eigenvalue weighted by Gasteiger charge is -2.06. The molecule has 0 aliphatic carbocycles. The second-order valence-electron chi connectivity index (χ2n) is 5.96. The first-order chi connectivity index (χ1) is 13.5. The predicted octanol–water partition coefficient (Wildman–Crippen LogP) is 6.38. The van der Waals surface area contributed by atoms with Gasteiger partial charge in [0, 0.05) is 21.8 Å². The maximum atomic E-state index is 10.1. The van der Waals surface area contributed by atoms with E-state index in [1.807, 2.05) is 36.4 Å². The molecule has 0 amide bonds. The zero-order valence-electron chi connectivity index (χ0n) is 14.7. The van der Waals surface area contributed by atoms with Crippen molar-refractivity contribution in [1.82, 2.24) is 4.98 Å². The Morgan fingerprint density at radius 1 is 1.18 bits per heavy atom. The van der Waals surface area contributed by atoms with Gasteiger partial charge in [-0.25, -0.2) is 4.98 Å². The van der Waals surface area contributed by atoms with Crippen molar-refractivity contribution < 1.29 is 14.3 Å². The summed E-state index contributed by atoms with van der Waals surface area (Å²) in [5.41, 5.74) is 3.31. The first-order valence-electron chi connectivity index (χ1n) is 8.31. The Balaban J connectivity index is 1.75. The van der Waals surface area contributed by atoms with Gasteiger partial charge < -0.3 is 14.3 Å². The van der Waals surface area contributed by atoms with Crippen LogP contribution in [0.3, 0.4) is 0 Å². The minimum absolute atomic E-state index is 0.0392. The summed E-state index contributed by atoms with van der Waals surface area (Å²) in [5, 5.41) is 10.4. The number of hydrogen-bond donors (Lipinski definition) is 1. The van der Waals surface area contributed by atoms with Crippen LogP contribution < -0.4 is 4.74 Å². The number of nitrogens with zero attached hydrogens (tertiary/aromatic N) is 2. The maximum Gasteiger partial charge on any atom is 0.227 e. The van der Waals surface area contributed by atoms with Crippen molar-refractivity contribution in [3.05, 3.63) is 69.7 Å². The molecule has 1 heterocycles. The monoisotopic (exact) mass is 456 g/mol. The van der Waals surface area contributed by atoms with Crippen LogP contribution in [0.15, 0.2) is 68.5 Å². The zero-order chi connectivity index (χ0) is 19.7. The van der Waals surface area contributed by atoms with Gasteiger partial charge in [0.1, 0.15) is 22.7 Å². The minimum atomic E-state index is -0.0392. The van der Waals surface area contributed by atoms with Crippen LogP contribution in [0.1, 0.15) is 5.56 Å². The number of ether oxygens (including phenoxy) is 1. The molecule has 140 valence electrons. The first kappa shape index (κ1) is 18.5. The van der Waals surface area contributed by atoms with Crippen molar-refractivity contribution in [3.8, 4) is 23.0 Å². The third-order valence-electron chi connectivity index (χ3n) is 4.12. The van der Waals surface area contributed by atoms with E-state index in [0.717, 1.165) is 15.6 Å². The number of oxazole rings is 1. The molecule has 0 saturated heterocycles. The minimum Gasteiger partial charge on any atom is -0.506 e. The van der Waals surface area contributed by atoms with Gasteiger partial charge in [-0.3, -0.25) is 4.99 Å². The van der Waals surface area contributed by atoms with Crippen molar-refractivity contribution in [2.75, 3.05) is 7.11 Å². The van der Waals surface area contributed by atoms with Crippen molar-refractivity contribution in [1.29, 1.82) is 0 Å². The molecular formula is C21H14BrClN2O3. The summed E-state index contributed by atoms with van der Waals surface area (Å²) < 4.78 is 12.0. The van der Waals surface area contributed by atoms with Crippen LogP contribution in [0.25, 0.3) is 22.6 Å². The van der Waals surface area contributed by atoms with Gasteiger partial charge in [-0.15, -0.1) is 0 Å². The average molecular weight is 458 g/mol. The number of benzene rings is 3. The molecule has 0 spiro atoms. The van der Waals surface area contributed by atoms with Crippen LogP contribution in [-0.2, 0) is 0 Å². The Morgan fingerprint density at radius 3 is 2.79 bits per heavy atom. The standard InChI is InChI=1S/C21H14BrClN2O3/c1-27-18-7-6-12(21-25-16-4-2-3-5-19(16)28-21)9-17(18)24-11-13-8-14(22)10-15(23)20(13)26/h2-11,26H,1H3. The van der Waals surface area contributed by atoms with E-state index >= 15 is 0 Å². The number of hydrogen-bond acceptors (Lipinski definition) is 5. The predicted molar refractivity (Wildman–Crippen MR) is 114 cm³/mol. The van der Waals surface area contributed by atoms with Crippen LogP contribution in [0, 0.1) is 0 Å². The molecule has 3 aromatic carbocycles. The number of rotatable bonds is 4. The molecule has 0 bridgehead atoms. The number of para-hydroxylation sites is 2. The van der Waals surface area contributed by atoms with E-state index in [4.69, 9.17) is 20.8 Å². The van der Waals surface area contributed by atoms with Crippen molar-refractivity contribution >= 4 is 50.5 Å². The summed E-state index contributed by atoms with van der Waals surface area (Å²) >= 11 is 9.37. The second kappa shape index (κ2) is 7.66. The molecule has 4 aromatic rings. The normalized spacial score (nSPS) is 11.4. The lowest BCUT2D eigenvalue weighted by atomic mass is 10.1. The quantitative estimate of drug-likeness (QED) is 0.361. The third-order valence-corrected chi connectivity index (χ3v) is 4.87. The highest BCUT2D eigenvalue weighted by Gasteiger charge is 2.12. The fourth-order valence-corrected chi connectivity index (χ4v) is 3.58. The van der Waals surface area contributed by atoms with Gasteiger partial charge >= 0.3 is 0 Å². The summed E-state index contributed by atoms with van der Waals surface area (Å²) in [6.07, 6.45) is 1.53. The Hall–Kier alpha value is -2.83. The van der Waals surface area contributed by atoms with E-state index in [1.54, 1.807) is 25.3 Å². The van der Waals surface area contributed by atoms with Crippen LogP contribution in [0.2, 0.25) is 5.02 Å². The molecule has 7 heteroatoms. The maximum absolute atomic E-state index is 10.1.